The van der Waals surface area contributed by atoms with Gasteiger partial charge in [-0.3, -0.25) is 9.79 Å². The Kier molecular flexibility index (Phi) is 21.0. The van der Waals surface area contributed by atoms with Crippen molar-refractivity contribution in [2.75, 3.05) is 24.3 Å². The number of para-hydroxylation sites is 2. The lowest BCUT2D eigenvalue weighted by Gasteiger charge is -2.06. The first-order valence-corrected chi connectivity index (χ1v) is 26.6. The molecule has 10 aromatic rings. The number of carbonyl (C=O) groups excluding carboxylic acids is 3. The molecule has 0 radical (unpaired) electrons. The molecular formula is C60H51BBrN7O11S. The molecule has 0 aliphatic carbocycles. The Morgan fingerprint density at radius 1 is 0.667 bits per heavy atom. The highest BCUT2D eigenvalue weighted by Gasteiger charge is 2.18. The van der Waals surface area contributed by atoms with Gasteiger partial charge in [-0.15, -0.1) is 11.3 Å². The molecule has 0 saturated carbocycles. The molecular weight excluding hydrogens is 1120 g/mol. The van der Waals surface area contributed by atoms with Gasteiger partial charge in [-0.05, 0) is 110 Å². The summed E-state index contributed by atoms with van der Waals surface area (Å²) in [5.41, 5.74) is 9.74. The van der Waals surface area contributed by atoms with Gasteiger partial charge in [0.05, 0.1) is 53.7 Å². The Bertz CT molecular complexity index is 3920. The largest absolute Gasteiger partial charge is 0.488 e. The number of carboxylic acid groups (broad SMARTS) is 2. The molecule has 0 bridgehead atoms. The van der Waals surface area contributed by atoms with E-state index in [-0.39, 0.29) is 39.3 Å². The molecule has 2 aromatic heterocycles. The predicted molar refractivity (Wildman–Crippen MR) is 320 cm³/mol. The summed E-state index contributed by atoms with van der Waals surface area (Å²) in [6.45, 7) is 4.24. The molecule has 8 aromatic carbocycles. The van der Waals surface area contributed by atoms with Crippen molar-refractivity contribution < 1.29 is 53.7 Å². The van der Waals surface area contributed by atoms with Gasteiger partial charge in [-0.1, -0.05) is 133 Å². The lowest BCUT2D eigenvalue weighted by atomic mass is 9.79. The van der Waals surface area contributed by atoms with Crippen LogP contribution in [-0.4, -0.2) is 102 Å². The number of carboxylic acids is 2. The summed E-state index contributed by atoms with van der Waals surface area (Å²) < 4.78 is 11.0. The molecule has 0 saturated heterocycles. The van der Waals surface area contributed by atoms with Gasteiger partial charge in [-0.2, -0.15) is 5.10 Å². The molecule has 3 heterocycles. The maximum Gasteiger partial charge on any atom is 0.488 e. The van der Waals surface area contributed by atoms with Crippen LogP contribution >= 0.6 is 27.3 Å². The molecule has 11 rings (SSSR count). The highest BCUT2D eigenvalue weighted by Crippen LogP contribution is 2.28. The van der Waals surface area contributed by atoms with E-state index in [0.29, 0.717) is 29.9 Å². The van der Waals surface area contributed by atoms with Gasteiger partial charge in [0.15, 0.2) is 10.8 Å². The fraction of sp³-hybridized carbons (Fsp3) is 0.0833. The number of benzene rings is 8. The quantitative estimate of drug-likeness (QED) is 0.0231. The smallest absolute Gasteiger partial charge is 0.478 e. The van der Waals surface area contributed by atoms with E-state index in [2.05, 4.69) is 41.3 Å². The van der Waals surface area contributed by atoms with Gasteiger partial charge in [0, 0.05) is 22.8 Å². The number of nitrogens with one attached hydrogen (secondary N) is 1. The van der Waals surface area contributed by atoms with E-state index >= 15 is 0 Å². The molecule has 0 spiro atoms. The monoisotopic (exact) mass is 1170 g/mol. The first-order chi connectivity index (χ1) is 39.1. The van der Waals surface area contributed by atoms with Crippen molar-refractivity contribution >= 4 is 125 Å². The van der Waals surface area contributed by atoms with Crippen molar-refractivity contribution in [3.63, 3.8) is 0 Å². The maximum absolute atomic E-state index is 12.5. The summed E-state index contributed by atoms with van der Waals surface area (Å²) in [4.78, 5) is 68.7. The van der Waals surface area contributed by atoms with E-state index < -0.39 is 30.9 Å². The molecule has 81 heavy (non-hydrogen) atoms. The molecule has 1 unspecified atom stereocenters. The number of aromatic carboxylic acids is 2. The molecule has 21 heteroatoms. The van der Waals surface area contributed by atoms with Crippen molar-refractivity contribution in [3.8, 4) is 16.3 Å². The van der Waals surface area contributed by atoms with Gasteiger partial charge >= 0.3 is 31.0 Å². The van der Waals surface area contributed by atoms with Crippen LogP contribution in [0.5, 0.6) is 0 Å². The van der Waals surface area contributed by atoms with Crippen molar-refractivity contribution in [3.05, 3.63) is 216 Å². The molecule has 0 fully saturated rings. The van der Waals surface area contributed by atoms with Gasteiger partial charge in [-0.25, -0.2) is 33.8 Å². The van der Waals surface area contributed by atoms with Crippen molar-refractivity contribution in [2.24, 2.45) is 9.98 Å². The number of thiazole rings is 1. The van der Waals surface area contributed by atoms with E-state index in [1.807, 2.05) is 115 Å². The number of alkyl halides is 1. The molecule has 7 N–H and O–H groups in total. The zero-order chi connectivity index (χ0) is 57.8. The Hall–Kier alpha value is -9.67. The second-order valence-electron chi connectivity index (χ2n) is 17.0. The van der Waals surface area contributed by atoms with Crippen LogP contribution in [0.3, 0.4) is 0 Å². The van der Waals surface area contributed by atoms with Crippen LogP contribution in [0.2, 0.25) is 0 Å². The number of aromatic nitrogens is 3. The Balaban J connectivity index is 0.000000153. The Morgan fingerprint density at radius 3 is 1.80 bits per heavy atom. The number of fused-ring (bicyclic) bond motifs is 3. The number of aliphatic imine (C=N–C) groups is 2. The average molecular weight is 1170 g/mol. The number of rotatable bonds is 11. The van der Waals surface area contributed by atoms with Gasteiger partial charge in [0.25, 0.3) is 5.91 Å². The maximum atomic E-state index is 12.5. The topological polar surface area (TPSA) is 278 Å². The van der Waals surface area contributed by atoms with Crippen LogP contribution in [0.4, 0.5) is 11.4 Å². The molecule has 1 aliphatic heterocycles. The predicted octanol–water partition coefficient (Wildman–Crippen LogP) is 10.4. The highest BCUT2D eigenvalue weighted by atomic mass is 79.9. The zero-order valence-electron chi connectivity index (χ0n) is 43.4. The lowest BCUT2D eigenvalue weighted by molar-refractivity contribution is -0.134. The number of halogens is 1. The highest BCUT2D eigenvalue weighted by molar-refractivity contribution is 9.09. The first kappa shape index (κ1) is 59.0. The summed E-state index contributed by atoms with van der Waals surface area (Å²) in [6.07, 6.45) is 4.25. The normalized spacial score (nSPS) is 11.9. The fourth-order valence-electron chi connectivity index (χ4n) is 7.58. The van der Waals surface area contributed by atoms with E-state index in [0.717, 1.165) is 48.6 Å². The standard InChI is InChI=1S/C21H14N2O3S.C14H10N2O2.C10H9BO2.C9H11NO2.C6H7BrN2O2/c24-19(22-17-8-4-3-7-16(17)21(25)26)18-12-27-20(23-18)15-10-9-13-5-1-2-6-14(13)11-15;17-14(18)12-8-15-16(9-12)13-6-5-10-3-1-2-4-11(10)7-13;12-11(13)10-6-5-8-3-1-2-4-9(8)7-10;1-2-12-9(11)7-5-3-4-6-8(7)10;1-2-11-5(10)4-3-8-6(7)9-4/h1-12H,(H,22,24)(H,25,26);1-9H,(H,17,18);1-7,12-13H;3-6H,2,10H2,1H3;3,6H,2H2,1H3. The van der Waals surface area contributed by atoms with Gasteiger partial charge in [0.1, 0.15) is 10.7 Å². The van der Waals surface area contributed by atoms with Crippen LogP contribution in [-0.2, 0) is 14.3 Å². The summed E-state index contributed by atoms with van der Waals surface area (Å²) in [5, 5.41) is 51.3. The van der Waals surface area contributed by atoms with Crippen LogP contribution in [0.25, 0.3) is 48.6 Å². The van der Waals surface area contributed by atoms with Crippen molar-refractivity contribution in [2.45, 2.75) is 18.9 Å². The minimum atomic E-state index is -1.38. The van der Waals surface area contributed by atoms with Crippen LogP contribution < -0.4 is 16.5 Å². The number of ether oxygens (including phenoxy) is 2. The number of nitrogens with two attached hydrogens (primary N) is 1. The van der Waals surface area contributed by atoms with E-state index in [1.54, 1.807) is 78.5 Å². The third-order valence-corrected chi connectivity index (χ3v) is 12.9. The zero-order valence-corrected chi connectivity index (χ0v) is 45.8. The van der Waals surface area contributed by atoms with E-state index in [4.69, 9.17) is 30.4 Å². The van der Waals surface area contributed by atoms with Gasteiger partial charge in [0.2, 0.25) is 0 Å². The number of anilines is 2. The molecule has 1 atom stereocenters. The van der Waals surface area contributed by atoms with Crippen molar-refractivity contribution in [1.82, 2.24) is 14.8 Å². The minimum Gasteiger partial charge on any atom is -0.478 e. The third-order valence-electron chi connectivity index (χ3n) is 11.5. The average Bonchev–Trinajstić information content (AvgIpc) is 4.30. The number of hydrogen-bond donors (Lipinski definition) is 6. The van der Waals surface area contributed by atoms with Gasteiger partial charge < -0.3 is 40.8 Å². The van der Waals surface area contributed by atoms with Crippen LogP contribution in [0.15, 0.2) is 204 Å². The fourth-order valence-corrected chi connectivity index (χ4v) is 8.71. The molecule has 18 nitrogen and oxygen atoms in total. The first-order valence-electron chi connectivity index (χ1n) is 24.8. The summed E-state index contributed by atoms with van der Waals surface area (Å²) >= 11 is 4.48. The summed E-state index contributed by atoms with van der Waals surface area (Å²) in [7, 11) is -1.38. The molecule has 1 aliphatic rings. The minimum absolute atomic E-state index is 0.0378. The van der Waals surface area contributed by atoms with E-state index in [9.17, 15) is 29.1 Å². The third kappa shape index (κ3) is 16.4. The number of hydrogen-bond acceptors (Lipinski definition) is 15. The molecule has 408 valence electrons. The Morgan fingerprint density at radius 2 is 1.22 bits per heavy atom. The SMILES string of the molecule is CCOC(=O)C1=NC(Br)N=C1.CCOC(=O)c1ccccc1N.O=C(Nc1ccccc1C(=O)O)c1csc(-c2ccc3ccccc3c2)n1.O=C(O)c1cnn(-c2ccc3ccccc3c2)c1.OB(O)c1ccc2ccccc2c1. The number of amides is 1. The molecule has 1 amide bonds. The second-order valence-corrected chi connectivity index (χ2v) is 18.7. The van der Waals surface area contributed by atoms with Crippen LogP contribution in [0.1, 0.15) is 55.4 Å². The van der Waals surface area contributed by atoms with Crippen LogP contribution in [0, 0.1) is 0 Å². The summed E-state index contributed by atoms with van der Waals surface area (Å²) in [5.74, 6) is -3.29. The summed E-state index contributed by atoms with van der Waals surface area (Å²) in [6, 6.07) is 54.3. The Labute approximate surface area is 476 Å². The number of esters is 2. The number of nitrogen functional groups attached to an aromatic ring is 1. The number of nitrogens with zero attached hydrogens (tertiary/aromatic N) is 5. The number of carbonyl (C=O) groups is 5. The second kappa shape index (κ2) is 28.8. The van der Waals surface area contributed by atoms with Crippen molar-refractivity contribution in [1.29, 1.82) is 0 Å². The lowest BCUT2D eigenvalue weighted by Crippen LogP contribution is -2.29. The van der Waals surface area contributed by atoms with E-state index in [1.165, 1.54) is 36.0 Å².